The van der Waals surface area contributed by atoms with Crippen LogP contribution in [0.5, 0.6) is 0 Å². The van der Waals surface area contributed by atoms with Gasteiger partial charge in [-0.2, -0.15) is 0 Å². The van der Waals surface area contributed by atoms with Crippen LogP contribution in [0.15, 0.2) is 24.3 Å². The van der Waals surface area contributed by atoms with Gasteiger partial charge in [0.05, 0.1) is 0 Å². The van der Waals surface area contributed by atoms with Crippen LogP contribution in [-0.2, 0) is 17.6 Å². The SMILES string of the molecule is CN1C(=O)CCC12CCN(C1Cc3ccccc3C1)CC2. The van der Waals surface area contributed by atoms with Crippen LogP contribution in [0.1, 0.15) is 36.8 Å². The van der Waals surface area contributed by atoms with Gasteiger partial charge in [0.15, 0.2) is 0 Å². The fourth-order valence-electron chi connectivity index (χ4n) is 4.62. The van der Waals surface area contributed by atoms with E-state index in [4.69, 9.17) is 0 Å². The van der Waals surface area contributed by atoms with Crippen molar-refractivity contribution in [1.82, 2.24) is 9.80 Å². The Hall–Kier alpha value is -1.35. The van der Waals surface area contributed by atoms with Gasteiger partial charge < -0.3 is 4.90 Å². The van der Waals surface area contributed by atoms with Crippen LogP contribution in [0.4, 0.5) is 0 Å². The predicted octanol–water partition coefficient (Wildman–Crippen LogP) is 2.24. The first-order valence-electron chi connectivity index (χ1n) is 8.25. The molecule has 112 valence electrons. The van der Waals surface area contributed by atoms with Crippen molar-refractivity contribution in [3.8, 4) is 0 Å². The summed E-state index contributed by atoms with van der Waals surface area (Å²) in [5.41, 5.74) is 3.26. The Bertz CT molecular complexity index is 535. The van der Waals surface area contributed by atoms with E-state index in [1.165, 1.54) is 24.0 Å². The quantitative estimate of drug-likeness (QED) is 0.789. The summed E-state index contributed by atoms with van der Waals surface area (Å²) >= 11 is 0. The number of rotatable bonds is 1. The van der Waals surface area contributed by atoms with Crippen molar-refractivity contribution < 1.29 is 4.79 Å². The zero-order chi connectivity index (χ0) is 14.4. The molecule has 0 N–H and O–H groups in total. The Labute approximate surface area is 126 Å². The largest absolute Gasteiger partial charge is 0.340 e. The summed E-state index contributed by atoms with van der Waals surface area (Å²) in [6, 6.07) is 9.56. The molecule has 2 aliphatic heterocycles. The molecular formula is C18H24N2O. The summed E-state index contributed by atoms with van der Waals surface area (Å²) in [4.78, 5) is 16.6. The zero-order valence-electron chi connectivity index (χ0n) is 12.8. The lowest BCUT2D eigenvalue weighted by molar-refractivity contribution is -0.130. The van der Waals surface area contributed by atoms with Gasteiger partial charge in [0.25, 0.3) is 0 Å². The van der Waals surface area contributed by atoms with Gasteiger partial charge in [-0.1, -0.05) is 24.3 Å². The van der Waals surface area contributed by atoms with Crippen LogP contribution in [0, 0.1) is 0 Å². The maximum Gasteiger partial charge on any atom is 0.222 e. The minimum atomic E-state index is 0.180. The van der Waals surface area contributed by atoms with E-state index in [1.807, 2.05) is 11.9 Å². The van der Waals surface area contributed by atoms with E-state index in [1.54, 1.807) is 0 Å². The second kappa shape index (κ2) is 4.84. The maximum absolute atomic E-state index is 11.8. The van der Waals surface area contributed by atoms with Gasteiger partial charge in [-0.15, -0.1) is 0 Å². The topological polar surface area (TPSA) is 23.6 Å². The van der Waals surface area contributed by atoms with Crippen molar-refractivity contribution in [3.05, 3.63) is 35.4 Å². The van der Waals surface area contributed by atoms with Crippen molar-refractivity contribution in [2.75, 3.05) is 20.1 Å². The Balaban J connectivity index is 1.42. The molecule has 0 unspecified atom stereocenters. The molecule has 0 radical (unpaired) electrons. The van der Waals surface area contributed by atoms with Crippen molar-refractivity contribution in [2.45, 2.75) is 50.1 Å². The number of hydrogen-bond acceptors (Lipinski definition) is 2. The van der Waals surface area contributed by atoms with E-state index < -0.39 is 0 Å². The summed E-state index contributed by atoms with van der Waals surface area (Å²) in [7, 11) is 2.01. The van der Waals surface area contributed by atoms with Crippen molar-refractivity contribution >= 4 is 5.91 Å². The van der Waals surface area contributed by atoms with Gasteiger partial charge in [0.2, 0.25) is 5.91 Å². The highest BCUT2D eigenvalue weighted by molar-refractivity contribution is 5.79. The van der Waals surface area contributed by atoms with Gasteiger partial charge in [-0.3, -0.25) is 9.69 Å². The molecule has 1 aromatic rings. The molecule has 2 saturated heterocycles. The summed E-state index contributed by atoms with van der Waals surface area (Å²) in [6.07, 6.45) is 6.55. The normalized spacial score (nSPS) is 25.8. The Morgan fingerprint density at radius 3 is 2.19 bits per heavy atom. The van der Waals surface area contributed by atoms with Gasteiger partial charge in [0.1, 0.15) is 0 Å². The molecule has 4 rings (SSSR count). The van der Waals surface area contributed by atoms with E-state index in [9.17, 15) is 4.79 Å². The highest BCUT2D eigenvalue weighted by atomic mass is 16.2. The molecule has 3 heteroatoms. The van der Waals surface area contributed by atoms with Crippen LogP contribution >= 0.6 is 0 Å². The second-order valence-electron chi connectivity index (χ2n) is 7.04. The van der Waals surface area contributed by atoms with E-state index in [0.29, 0.717) is 11.9 Å². The molecule has 1 aliphatic carbocycles. The monoisotopic (exact) mass is 284 g/mol. The number of hydrogen-bond donors (Lipinski definition) is 0. The lowest BCUT2D eigenvalue weighted by atomic mass is 9.84. The Morgan fingerprint density at radius 2 is 1.67 bits per heavy atom. The fraction of sp³-hybridized carbons (Fsp3) is 0.611. The number of likely N-dealkylation sites (tertiary alicyclic amines) is 2. The van der Waals surface area contributed by atoms with Crippen LogP contribution in [0.25, 0.3) is 0 Å². The first kappa shape index (κ1) is 13.3. The number of carbonyl (C=O) groups excluding carboxylic acids is 1. The van der Waals surface area contributed by atoms with Crippen LogP contribution in [-0.4, -0.2) is 47.4 Å². The smallest absolute Gasteiger partial charge is 0.222 e. The molecular weight excluding hydrogens is 260 g/mol. The number of amides is 1. The average Bonchev–Trinajstić information content (AvgIpc) is 3.06. The van der Waals surface area contributed by atoms with E-state index in [0.717, 1.165) is 38.8 Å². The van der Waals surface area contributed by atoms with Crippen LogP contribution in [0.2, 0.25) is 0 Å². The molecule has 0 bridgehead atoms. The molecule has 21 heavy (non-hydrogen) atoms. The molecule has 2 heterocycles. The first-order valence-corrected chi connectivity index (χ1v) is 8.25. The number of benzene rings is 1. The number of fused-ring (bicyclic) bond motifs is 1. The lowest BCUT2D eigenvalue weighted by Crippen LogP contribution is -2.53. The molecule has 2 fully saturated rings. The molecule has 1 spiro atoms. The third-order valence-corrected chi connectivity index (χ3v) is 6.16. The van der Waals surface area contributed by atoms with Gasteiger partial charge in [0, 0.05) is 38.1 Å². The van der Waals surface area contributed by atoms with Crippen molar-refractivity contribution in [3.63, 3.8) is 0 Å². The number of piperidine rings is 1. The van der Waals surface area contributed by atoms with Crippen molar-refractivity contribution in [1.29, 1.82) is 0 Å². The molecule has 1 amide bonds. The molecule has 1 aromatic carbocycles. The molecule has 0 aromatic heterocycles. The summed E-state index contributed by atoms with van der Waals surface area (Å²) in [5.74, 6) is 0.344. The zero-order valence-corrected chi connectivity index (χ0v) is 12.8. The highest BCUT2D eigenvalue weighted by Gasteiger charge is 2.45. The second-order valence-corrected chi connectivity index (χ2v) is 7.04. The summed E-state index contributed by atoms with van der Waals surface area (Å²) in [6.45, 7) is 2.30. The summed E-state index contributed by atoms with van der Waals surface area (Å²) < 4.78 is 0. The number of carbonyl (C=O) groups is 1. The highest BCUT2D eigenvalue weighted by Crippen LogP contribution is 2.39. The van der Waals surface area contributed by atoms with Crippen LogP contribution < -0.4 is 0 Å². The minimum Gasteiger partial charge on any atom is -0.340 e. The molecule has 3 aliphatic rings. The lowest BCUT2D eigenvalue weighted by Gasteiger charge is -2.45. The maximum atomic E-state index is 11.8. The van der Waals surface area contributed by atoms with E-state index >= 15 is 0 Å². The van der Waals surface area contributed by atoms with Gasteiger partial charge in [-0.25, -0.2) is 0 Å². The molecule has 0 saturated carbocycles. The van der Waals surface area contributed by atoms with Crippen molar-refractivity contribution in [2.24, 2.45) is 0 Å². The predicted molar refractivity (Wildman–Crippen MR) is 83.2 cm³/mol. The van der Waals surface area contributed by atoms with Gasteiger partial charge in [-0.05, 0) is 43.2 Å². The average molecular weight is 284 g/mol. The Kier molecular flexibility index (Phi) is 3.07. The standard InChI is InChI=1S/C18H24N2O/c1-19-17(21)6-7-18(19)8-10-20(11-9-18)16-12-14-4-2-3-5-15(14)13-16/h2-5,16H,6-13H2,1H3. The summed E-state index contributed by atoms with van der Waals surface area (Å²) in [5, 5.41) is 0. The fourth-order valence-corrected chi connectivity index (χ4v) is 4.62. The molecule has 0 atom stereocenters. The van der Waals surface area contributed by atoms with Crippen LogP contribution in [0.3, 0.4) is 0 Å². The first-order chi connectivity index (χ1) is 10.2. The number of nitrogens with zero attached hydrogens (tertiary/aromatic N) is 2. The van der Waals surface area contributed by atoms with E-state index in [-0.39, 0.29) is 5.54 Å². The van der Waals surface area contributed by atoms with E-state index in [2.05, 4.69) is 29.2 Å². The Morgan fingerprint density at radius 1 is 1.05 bits per heavy atom. The van der Waals surface area contributed by atoms with Gasteiger partial charge >= 0.3 is 0 Å². The third kappa shape index (κ3) is 2.10. The molecule has 3 nitrogen and oxygen atoms in total. The third-order valence-electron chi connectivity index (χ3n) is 6.16. The minimum absolute atomic E-state index is 0.180.